The predicted molar refractivity (Wildman–Crippen MR) is 103 cm³/mol. The molecule has 0 aliphatic carbocycles. The number of ether oxygens (including phenoxy) is 2. The molecule has 3 rings (SSSR count). The first-order chi connectivity index (χ1) is 13.4. The molecule has 1 heterocycles. The fourth-order valence-electron chi connectivity index (χ4n) is 2.85. The zero-order valence-corrected chi connectivity index (χ0v) is 16.6. The Bertz CT molecular complexity index is 909. The van der Waals surface area contributed by atoms with Crippen LogP contribution in [0.25, 0.3) is 0 Å². The minimum Gasteiger partial charge on any atom is -0.450 e. The van der Waals surface area contributed by atoms with Crippen molar-refractivity contribution >= 4 is 16.2 Å². The molecule has 7 nitrogen and oxygen atoms in total. The van der Waals surface area contributed by atoms with Crippen LogP contribution in [0.4, 0.5) is 4.79 Å². The highest BCUT2D eigenvalue weighted by atomic mass is 32.2. The second-order valence-corrected chi connectivity index (χ2v) is 7.97. The van der Waals surface area contributed by atoms with Crippen molar-refractivity contribution in [2.45, 2.75) is 24.8 Å². The van der Waals surface area contributed by atoms with Crippen molar-refractivity contribution in [3.63, 3.8) is 0 Å². The second kappa shape index (κ2) is 8.62. The lowest BCUT2D eigenvalue weighted by molar-refractivity contribution is -0.0279. The molecular weight excluding hydrogens is 382 g/mol. The quantitative estimate of drug-likeness (QED) is 0.710. The SMILES string of the molecule is CCOC(=O)N1CCO[C@H](c2ccc(OS(=O)(=O)c3ccc(C)cc3)cc2)C1. The van der Waals surface area contributed by atoms with Gasteiger partial charge < -0.3 is 18.6 Å². The highest BCUT2D eigenvalue weighted by Gasteiger charge is 2.26. The molecule has 1 saturated heterocycles. The first kappa shape index (κ1) is 20.2. The van der Waals surface area contributed by atoms with E-state index < -0.39 is 10.1 Å². The van der Waals surface area contributed by atoms with Crippen LogP contribution in [0.2, 0.25) is 0 Å². The third kappa shape index (κ3) is 4.82. The lowest BCUT2D eigenvalue weighted by atomic mass is 10.1. The van der Waals surface area contributed by atoms with Gasteiger partial charge >= 0.3 is 16.2 Å². The Kier molecular flexibility index (Phi) is 6.21. The summed E-state index contributed by atoms with van der Waals surface area (Å²) < 4.78 is 40.7. The number of aryl methyl sites for hydroxylation is 1. The van der Waals surface area contributed by atoms with Gasteiger partial charge in [-0.15, -0.1) is 0 Å². The fourth-order valence-corrected chi connectivity index (χ4v) is 3.78. The Morgan fingerprint density at radius 2 is 1.82 bits per heavy atom. The van der Waals surface area contributed by atoms with E-state index in [2.05, 4.69) is 0 Å². The maximum atomic E-state index is 12.4. The normalized spacial score (nSPS) is 17.2. The molecule has 1 amide bonds. The zero-order valence-electron chi connectivity index (χ0n) is 15.8. The molecule has 0 saturated carbocycles. The lowest BCUT2D eigenvalue weighted by Gasteiger charge is -2.32. The van der Waals surface area contributed by atoms with Crippen molar-refractivity contribution in [1.82, 2.24) is 4.90 Å². The standard InChI is InChI=1S/C20H23NO6S/c1-3-25-20(22)21-12-13-26-19(14-21)16-6-8-17(9-7-16)27-28(23,24)18-10-4-15(2)5-11-18/h4-11,19H,3,12-14H2,1-2H3/t19-/m0/s1. The lowest BCUT2D eigenvalue weighted by Crippen LogP contribution is -2.42. The highest BCUT2D eigenvalue weighted by molar-refractivity contribution is 7.87. The molecule has 0 bridgehead atoms. The summed E-state index contributed by atoms with van der Waals surface area (Å²) in [5.41, 5.74) is 1.79. The number of hydrogen-bond acceptors (Lipinski definition) is 6. The van der Waals surface area contributed by atoms with Crippen LogP contribution in [0.15, 0.2) is 53.4 Å². The van der Waals surface area contributed by atoms with E-state index in [4.69, 9.17) is 13.7 Å². The van der Waals surface area contributed by atoms with Crippen LogP contribution in [-0.2, 0) is 19.6 Å². The van der Waals surface area contributed by atoms with E-state index >= 15 is 0 Å². The topological polar surface area (TPSA) is 82.1 Å². The molecule has 2 aromatic rings. The maximum absolute atomic E-state index is 12.4. The molecule has 1 atom stereocenters. The Labute approximate surface area is 164 Å². The molecule has 1 aliphatic heterocycles. The van der Waals surface area contributed by atoms with E-state index in [1.165, 1.54) is 12.1 Å². The van der Waals surface area contributed by atoms with Gasteiger partial charge in [-0.1, -0.05) is 29.8 Å². The van der Waals surface area contributed by atoms with Gasteiger partial charge in [0.05, 0.1) is 19.8 Å². The minimum absolute atomic E-state index is 0.0999. The molecule has 0 aromatic heterocycles. The molecule has 1 fully saturated rings. The van der Waals surface area contributed by atoms with Gasteiger partial charge in [-0.3, -0.25) is 0 Å². The number of amides is 1. The average Bonchev–Trinajstić information content (AvgIpc) is 2.69. The number of rotatable bonds is 5. The van der Waals surface area contributed by atoms with Crippen LogP contribution in [-0.4, -0.2) is 45.7 Å². The van der Waals surface area contributed by atoms with Crippen molar-refractivity contribution in [1.29, 1.82) is 0 Å². The van der Waals surface area contributed by atoms with E-state index in [-0.39, 0.29) is 22.8 Å². The van der Waals surface area contributed by atoms with Crippen LogP contribution < -0.4 is 4.18 Å². The monoisotopic (exact) mass is 405 g/mol. The van der Waals surface area contributed by atoms with Crippen LogP contribution in [0.5, 0.6) is 5.75 Å². The molecule has 2 aromatic carbocycles. The summed E-state index contributed by atoms with van der Waals surface area (Å²) in [5.74, 6) is 0.211. The summed E-state index contributed by atoms with van der Waals surface area (Å²) in [6.45, 7) is 5.23. The summed E-state index contributed by atoms with van der Waals surface area (Å²) in [6.07, 6.45) is -0.666. The summed E-state index contributed by atoms with van der Waals surface area (Å²) >= 11 is 0. The van der Waals surface area contributed by atoms with E-state index in [9.17, 15) is 13.2 Å². The van der Waals surface area contributed by atoms with Crippen LogP contribution in [0.3, 0.4) is 0 Å². The number of carbonyl (C=O) groups is 1. The van der Waals surface area contributed by atoms with Crippen molar-refractivity contribution < 1.29 is 26.9 Å². The molecule has 0 radical (unpaired) electrons. The van der Waals surface area contributed by atoms with Gasteiger partial charge in [-0.05, 0) is 43.7 Å². The number of carbonyl (C=O) groups excluding carboxylic acids is 1. The van der Waals surface area contributed by atoms with Gasteiger partial charge in [-0.25, -0.2) is 4.79 Å². The minimum atomic E-state index is -3.89. The van der Waals surface area contributed by atoms with Crippen LogP contribution >= 0.6 is 0 Å². The fraction of sp³-hybridized carbons (Fsp3) is 0.350. The van der Waals surface area contributed by atoms with Gasteiger partial charge in [0.25, 0.3) is 0 Å². The molecule has 150 valence electrons. The van der Waals surface area contributed by atoms with Gasteiger partial charge in [0.2, 0.25) is 0 Å². The smallest absolute Gasteiger partial charge is 0.409 e. The van der Waals surface area contributed by atoms with Gasteiger partial charge in [0.15, 0.2) is 0 Å². The Morgan fingerprint density at radius 1 is 1.14 bits per heavy atom. The number of hydrogen-bond donors (Lipinski definition) is 0. The van der Waals surface area contributed by atoms with Crippen molar-refractivity contribution in [2.75, 3.05) is 26.3 Å². The summed E-state index contributed by atoms with van der Waals surface area (Å²) in [7, 11) is -3.89. The van der Waals surface area contributed by atoms with Crippen LogP contribution in [0.1, 0.15) is 24.2 Å². The molecule has 0 unspecified atom stereocenters. The third-order valence-corrected chi connectivity index (χ3v) is 5.62. The van der Waals surface area contributed by atoms with Crippen molar-refractivity contribution in [2.24, 2.45) is 0 Å². The van der Waals surface area contributed by atoms with E-state index in [0.717, 1.165) is 11.1 Å². The molecular formula is C20H23NO6S. The first-order valence-electron chi connectivity index (χ1n) is 9.03. The number of morpholine rings is 1. The predicted octanol–water partition coefficient (Wildman–Crippen LogP) is 3.29. The van der Waals surface area contributed by atoms with E-state index in [1.807, 2.05) is 6.92 Å². The Morgan fingerprint density at radius 3 is 2.46 bits per heavy atom. The second-order valence-electron chi connectivity index (χ2n) is 6.42. The highest BCUT2D eigenvalue weighted by Crippen LogP contribution is 2.26. The Balaban J connectivity index is 1.68. The summed E-state index contributed by atoms with van der Waals surface area (Å²) in [6, 6.07) is 13.1. The van der Waals surface area contributed by atoms with E-state index in [1.54, 1.807) is 48.2 Å². The van der Waals surface area contributed by atoms with Gasteiger partial charge in [0, 0.05) is 6.54 Å². The molecule has 1 aliphatic rings. The maximum Gasteiger partial charge on any atom is 0.409 e. The Hall–Kier alpha value is -2.58. The van der Waals surface area contributed by atoms with E-state index in [0.29, 0.717) is 26.3 Å². The molecule has 0 spiro atoms. The molecule has 28 heavy (non-hydrogen) atoms. The molecule has 0 N–H and O–H groups in total. The van der Waals surface area contributed by atoms with Crippen LogP contribution in [0, 0.1) is 6.92 Å². The molecule has 8 heteroatoms. The third-order valence-electron chi connectivity index (χ3n) is 4.36. The number of benzene rings is 2. The summed E-state index contributed by atoms with van der Waals surface area (Å²) in [4.78, 5) is 13.6. The van der Waals surface area contributed by atoms with Gasteiger partial charge in [0.1, 0.15) is 16.7 Å². The first-order valence-corrected chi connectivity index (χ1v) is 10.4. The summed E-state index contributed by atoms with van der Waals surface area (Å²) in [5, 5.41) is 0. The largest absolute Gasteiger partial charge is 0.450 e. The van der Waals surface area contributed by atoms with Gasteiger partial charge in [-0.2, -0.15) is 8.42 Å². The van der Waals surface area contributed by atoms with Crippen molar-refractivity contribution in [3.05, 3.63) is 59.7 Å². The van der Waals surface area contributed by atoms with Crippen molar-refractivity contribution in [3.8, 4) is 5.75 Å². The number of nitrogens with zero attached hydrogens (tertiary/aromatic N) is 1. The zero-order chi connectivity index (χ0) is 20.1. The average molecular weight is 405 g/mol.